The summed E-state index contributed by atoms with van der Waals surface area (Å²) < 4.78 is 41.2. The minimum Gasteiger partial charge on any atom is -0.407 e. The van der Waals surface area contributed by atoms with E-state index in [1.807, 2.05) is 30.3 Å². The maximum Gasteiger partial charge on any atom is 0.406 e. The van der Waals surface area contributed by atoms with Gasteiger partial charge in [-0.25, -0.2) is 24.6 Å². The Morgan fingerprint density at radius 3 is 2.70 bits per heavy atom. The lowest BCUT2D eigenvalue weighted by Gasteiger charge is -2.41. The van der Waals surface area contributed by atoms with Crippen molar-refractivity contribution >= 4 is 49.0 Å². The molecule has 5 unspecified atom stereocenters. The van der Waals surface area contributed by atoms with E-state index in [4.69, 9.17) is 23.9 Å². The predicted octanol–water partition coefficient (Wildman–Crippen LogP) is 4.77. The number of aromatic nitrogens is 4. The zero-order valence-electron chi connectivity index (χ0n) is 21.4. The number of imidazole rings is 1. The van der Waals surface area contributed by atoms with Crippen molar-refractivity contribution in [2.45, 2.75) is 70.0 Å². The van der Waals surface area contributed by atoms with E-state index in [9.17, 15) is 4.57 Å². The van der Waals surface area contributed by atoms with Crippen LogP contribution < -0.4 is 10.8 Å². The SMILES string of the molecule is CC(C)(C)[Si](C)(C)OC1C2OP(=O)(NCc3ccccc3)OCC2OC1n1c(Br)nc2c(N)ncnc21. The Labute approximate surface area is 225 Å². The molecule has 0 saturated carbocycles. The lowest BCUT2D eigenvalue weighted by Crippen LogP contribution is -2.50. The number of hydrogen-bond acceptors (Lipinski definition) is 9. The van der Waals surface area contributed by atoms with Crippen molar-refractivity contribution in [1.29, 1.82) is 0 Å². The second-order valence-electron chi connectivity index (χ2n) is 10.8. The molecule has 2 aromatic heterocycles. The van der Waals surface area contributed by atoms with Gasteiger partial charge < -0.3 is 14.9 Å². The molecule has 0 bridgehead atoms. The number of hydrogen-bond donors (Lipinski definition) is 2. The summed E-state index contributed by atoms with van der Waals surface area (Å²) in [5.74, 6) is 0.260. The van der Waals surface area contributed by atoms with Gasteiger partial charge in [0.15, 0.2) is 36.3 Å². The van der Waals surface area contributed by atoms with Crippen LogP contribution in [0.5, 0.6) is 0 Å². The summed E-state index contributed by atoms with van der Waals surface area (Å²) in [6.45, 7) is 11.2. The van der Waals surface area contributed by atoms with Crippen LogP contribution in [0.3, 0.4) is 0 Å². The van der Waals surface area contributed by atoms with Crippen LogP contribution in [-0.4, -0.2) is 52.8 Å². The highest BCUT2D eigenvalue weighted by Crippen LogP contribution is 2.55. The van der Waals surface area contributed by atoms with Gasteiger partial charge in [0.25, 0.3) is 0 Å². The van der Waals surface area contributed by atoms with Crippen LogP contribution in [0.2, 0.25) is 18.1 Å². The molecule has 1 aromatic carbocycles. The fourth-order valence-corrected chi connectivity index (χ4v) is 7.53. The molecule has 5 atom stereocenters. The second kappa shape index (κ2) is 9.80. The van der Waals surface area contributed by atoms with Crippen LogP contribution in [0.4, 0.5) is 5.82 Å². The second-order valence-corrected chi connectivity index (χ2v) is 18.0. The van der Waals surface area contributed by atoms with Gasteiger partial charge in [-0.15, -0.1) is 0 Å². The summed E-state index contributed by atoms with van der Waals surface area (Å²) >= 11 is 3.54. The molecule has 0 spiro atoms. The molecule has 2 saturated heterocycles. The summed E-state index contributed by atoms with van der Waals surface area (Å²) in [4.78, 5) is 13.0. The molecule has 11 nitrogen and oxygen atoms in total. The maximum atomic E-state index is 13.7. The van der Waals surface area contributed by atoms with E-state index in [2.05, 4.69) is 69.8 Å². The number of nitrogens with zero attached hydrogens (tertiary/aromatic N) is 4. The van der Waals surface area contributed by atoms with Crippen molar-refractivity contribution in [2.75, 3.05) is 12.3 Å². The summed E-state index contributed by atoms with van der Waals surface area (Å²) in [5, 5.41) is 2.90. The minimum atomic E-state index is -3.64. The van der Waals surface area contributed by atoms with Gasteiger partial charge in [-0.05, 0) is 39.6 Å². The number of rotatable bonds is 6. The molecule has 3 aromatic rings. The van der Waals surface area contributed by atoms with E-state index in [0.717, 1.165) is 5.56 Å². The molecular formula is C23H32BrN6O5PSi. The molecule has 0 amide bonds. The maximum absolute atomic E-state index is 13.7. The smallest absolute Gasteiger partial charge is 0.406 e. The highest BCUT2D eigenvalue weighted by atomic mass is 79.9. The van der Waals surface area contributed by atoms with E-state index in [1.165, 1.54) is 6.33 Å². The number of nitrogens with one attached hydrogen (secondary N) is 1. The molecule has 5 rings (SSSR count). The van der Waals surface area contributed by atoms with E-state index >= 15 is 0 Å². The van der Waals surface area contributed by atoms with Crippen molar-refractivity contribution in [1.82, 2.24) is 24.6 Å². The first-order valence-corrected chi connectivity index (χ1v) is 17.3. The van der Waals surface area contributed by atoms with Crippen LogP contribution >= 0.6 is 23.7 Å². The van der Waals surface area contributed by atoms with Crippen LogP contribution in [-0.2, 0) is 29.3 Å². The van der Waals surface area contributed by atoms with Gasteiger partial charge in [0.05, 0.1) is 6.61 Å². The van der Waals surface area contributed by atoms with Crippen LogP contribution in [0.1, 0.15) is 32.6 Å². The van der Waals surface area contributed by atoms with Gasteiger partial charge in [-0.1, -0.05) is 51.1 Å². The fraction of sp³-hybridized carbons (Fsp3) is 0.522. The highest BCUT2D eigenvalue weighted by molar-refractivity contribution is 9.10. The van der Waals surface area contributed by atoms with E-state index in [1.54, 1.807) is 4.57 Å². The minimum absolute atomic E-state index is 0.0823. The largest absolute Gasteiger partial charge is 0.407 e. The molecule has 2 aliphatic rings. The molecule has 2 fully saturated rings. The predicted molar refractivity (Wildman–Crippen MR) is 145 cm³/mol. The van der Waals surface area contributed by atoms with E-state index < -0.39 is 40.6 Å². The number of ether oxygens (including phenoxy) is 1. The Balaban J connectivity index is 1.49. The van der Waals surface area contributed by atoms with E-state index in [-0.39, 0.29) is 17.5 Å². The third kappa shape index (κ3) is 5.16. The Bertz CT molecular complexity index is 1340. The number of anilines is 1. The molecular weight excluding hydrogens is 579 g/mol. The first-order valence-electron chi connectivity index (χ1n) is 12.1. The molecule has 200 valence electrons. The van der Waals surface area contributed by atoms with Gasteiger partial charge in [-0.2, -0.15) is 0 Å². The van der Waals surface area contributed by atoms with Crippen molar-refractivity contribution in [2.24, 2.45) is 0 Å². The molecule has 3 N–H and O–H groups in total. The first-order chi connectivity index (χ1) is 17.4. The Kier molecular flexibility index (Phi) is 7.12. The number of nitrogens with two attached hydrogens (primary N) is 1. The van der Waals surface area contributed by atoms with E-state index in [0.29, 0.717) is 22.4 Å². The molecule has 0 aliphatic carbocycles. The molecule has 2 aliphatic heterocycles. The van der Waals surface area contributed by atoms with Crippen LogP contribution in [0, 0.1) is 0 Å². The highest BCUT2D eigenvalue weighted by Gasteiger charge is 2.56. The van der Waals surface area contributed by atoms with Gasteiger partial charge in [-0.3, -0.25) is 13.6 Å². The first kappa shape index (κ1) is 26.9. The Hall–Kier alpha value is -1.70. The van der Waals surface area contributed by atoms with Crippen molar-refractivity contribution in [3.63, 3.8) is 0 Å². The zero-order chi connectivity index (χ0) is 26.6. The Morgan fingerprint density at radius 2 is 2.00 bits per heavy atom. The number of benzene rings is 1. The van der Waals surface area contributed by atoms with Gasteiger partial charge in [0.1, 0.15) is 24.6 Å². The summed E-state index contributed by atoms with van der Waals surface area (Å²) in [6, 6.07) is 9.67. The number of nitrogen functional groups attached to an aromatic ring is 1. The quantitative estimate of drug-likeness (QED) is 0.228. The third-order valence-electron chi connectivity index (χ3n) is 7.23. The normalized spacial score (nSPS) is 28.5. The van der Waals surface area contributed by atoms with Crippen molar-refractivity contribution in [3.05, 3.63) is 47.0 Å². The average molecular weight is 612 g/mol. The Morgan fingerprint density at radius 1 is 1.27 bits per heavy atom. The topological polar surface area (TPSA) is 136 Å². The summed E-state index contributed by atoms with van der Waals surface area (Å²) in [6.07, 6.45) is -1.06. The fourth-order valence-electron chi connectivity index (χ4n) is 4.17. The zero-order valence-corrected chi connectivity index (χ0v) is 24.9. The average Bonchev–Trinajstić information content (AvgIpc) is 3.34. The number of fused-ring (bicyclic) bond motifs is 2. The monoisotopic (exact) mass is 610 g/mol. The molecule has 4 heterocycles. The summed E-state index contributed by atoms with van der Waals surface area (Å²) in [7, 11) is -5.97. The molecule has 0 radical (unpaired) electrons. The van der Waals surface area contributed by atoms with Crippen LogP contribution in [0.15, 0.2) is 41.4 Å². The van der Waals surface area contributed by atoms with Crippen LogP contribution in [0.25, 0.3) is 11.2 Å². The van der Waals surface area contributed by atoms with Gasteiger partial charge in [0, 0.05) is 6.54 Å². The standard InChI is InChI=1S/C23H32BrN6O5PSi/c1-23(2,3)37(4,5)35-18-17-15(12-32-36(31,34-17)28-11-14-9-7-6-8-10-14)33-21(18)30-20-16(29-22(30)24)19(25)26-13-27-20/h6-10,13,15,17-18,21H,11-12H2,1-5H3,(H,28,31)(H2,25,26,27). The lowest BCUT2D eigenvalue weighted by atomic mass is 10.1. The van der Waals surface area contributed by atoms with Gasteiger partial charge >= 0.3 is 7.75 Å². The molecule has 14 heteroatoms. The number of halogens is 1. The molecule has 37 heavy (non-hydrogen) atoms. The van der Waals surface area contributed by atoms with Gasteiger partial charge in [0.2, 0.25) is 0 Å². The van der Waals surface area contributed by atoms with Crippen molar-refractivity contribution < 1.29 is 22.8 Å². The van der Waals surface area contributed by atoms with Crippen molar-refractivity contribution in [3.8, 4) is 0 Å². The lowest BCUT2D eigenvalue weighted by molar-refractivity contribution is -0.0600. The summed E-state index contributed by atoms with van der Waals surface area (Å²) in [5.41, 5.74) is 7.98. The third-order valence-corrected chi connectivity index (χ3v) is 13.8.